The van der Waals surface area contributed by atoms with Gasteiger partial charge < -0.3 is 131 Å². The van der Waals surface area contributed by atoms with E-state index in [-0.39, 0.29) is 0 Å². The van der Waals surface area contributed by atoms with Crippen molar-refractivity contribution >= 4 is 5.91 Å². The van der Waals surface area contributed by atoms with Gasteiger partial charge in [0.05, 0.1) is 45.1 Å². The van der Waals surface area contributed by atoms with Crippen LogP contribution in [-0.2, 0) is 42.7 Å². The lowest BCUT2D eigenvalue weighted by atomic mass is 9.73. The first kappa shape index (κ1) is 48.5. The molecule has 5 rings (SSSR count). The Hall–Kier alpha value is -1.53. The number of hydrogen-bond acceptors (Lipinski definition) is 26. The monoisotopic (exact) mass is 867 g/mol. The quantitative estimate of drug-likeness (QED) is 0.0817. The summed E-state index contributed by atoms with van der Waals surface area (Å²) in [5, 5.41) is 161. The molecular weight excluding hydrogens is 810 g/mol. The van der Waals surface area contributed by atoms with E-state index in [9.17, 15) is 81.4 Å². The summed E-state index contributed by atoms with van der Waals surface area (Å²) in [5.41, 5.74) is 9.78. The second kappa shape index (κ2) is 19.9. The van der Waals surface area contributed by atoms with Gasteiger partial charge in [-0.3, -0.25) is 4.79 Å². The predicted molar refractivity (Wildman–Crippen MR) is 182 cm³/mol. The molecule has 25 atom stereocenters. The third-order valence-electron chi connectivity index (χ3n) is 11.3. The molecule has 27 heteroatoms. The van der Waals surface area contributed by atoms with E-state index in [1.165, 1.54) is 0 Å². The number of ether oxygens (including phenoxy) is 8. The number of aliphatic hydroxyl groups excluding tert-OH is 14. The number of rotatable bonds is 13. The van der Waals surface area contributed by atoms with Gasteiger partial charge in [0.15, 0.2) is 25.2 Å². The smallest absolute Gasteiger partial charge is 0.217 e. The average molecular weight is 868 g/mol. The van der Waals surface area contributed by atoms with Gasteiger partial charge in [0.1, 0.15) is 115 Å². The third kappa shape index (κ3) is 9.27. The number of amides is 1. The highest BCUT2D eigenvalue weighted by atomic mass is 16.8. The second-order valence-electron chi connectivity index (χ2n) is 15.1. The summed E-state index contributed by atoms with van der Waals surface area (Å²) >= 11 is 0. The number of aliphatic hydroxyl groups is 15. The summed E-state index contributed by atoms with van der Waals surface area (Å²) in [5.74, 6) is -0.750. The summed E-state index contributed by atoms with van der Waals surface area (Å²) < 4.78 is 44.8. The van der Waals surface area contributed by atoms with Crippen LogP contribution in [0.25, 0.3) is 0 Å². The highest BCUT2D eigenvalue weighted by Crippen LogP contribution is 2.40. The topological polar surface area (TPSA) is 458 Å². The standard InChI is InChI=1S/C32H57N3O24/c1-7(41)35-15-26(49)32(51,12(6-40)56-28(15)50)27-13(33)17(43)23(9(3-37)52-27)57-29-14(34)18(44)24(10(4-38)54-29)58-31-22(48)20(46)25(11(5-39)55-31)59-30-21(47)19(45)16(42)8(2-36)53-30/h8-31,36-40,42-51H,2-6,33-34H2,1H3,(H,35,41)/t8-,9-,10-,11-,12-,13-,14-,15-,16+,17-,18-,19+,20-,21-,22-,23-,24-,25+,26-,27-,28?,29+,30+,31+,32-/m1/s1. The van der Waals surface area contributed by atoms with Crippen LogP contribution in [0.5, 0.6) is 0 Å². The van der Waals surface area contributed by atoms with Crippen LogP contribution in [0.2, 0.25) is 0 Å². The molecule has 5 fully saturated rings. The molecule has 0 aromatic rings. The maximum absolute atomic E-state index is 11.8. The van der Waals surface area contributed by atoms with Gasteiger partial charge in [0.25, 0.3) is 0 Å². The zero-order valence-corrected chi connectivity index (χ0v) is 31.4. The molecule has 20 N–H and O–H groups in total. The van der Waals surface area contributed by atoms with Crippen molar-refractivity contribution in [1.82, 2.24) is 5.32 Å². The van der Waals surface area contributed by atoms with Crippen LogP contribution < -0.4 is 16.8 Å². The molecule has 0 aliphatic carbocycles. The van der Waals surface area contributed by atoms with Gasteiger partial charge >= 0.3 is 0 Å². The minimum absolute atomic E-state index is 0.750. The zero-order valence-electron chi connectivity index (χ0n) is 31.4. The highest BCUT2D eigenvalue weighted by molar-refractivity contribution is 5.73. The van der Waals surface area contributed by atoms with Crippen molar-refractivity contribution in [2.24, 2.45) is 11.5 Å². The molecule has 344 valence electrons. The first-order chi connectivity index (χ1) is 27.8. The van der Waals surface area contributed by atoms with Crippen LogP contribution in [0.1, 0.15) is 6.92 Å². The van der Waals surface area contributed by atoms with Crippen LogP contribution in [0.4, 0.5) is 0 Å². The first-order valence-electron chi connectivity index (χ1n) is 18.7. The van der Waals surface area contributed by atoms with Gasteiger partial charge in [-0.15, -0.1) is 0 Å². The van der Waals surface area contributed by atoms with E-state index in [1.807, 2.05) is 0 Å². The third-order valence-corrected chi connectivity index (χ3v) is 11.3. The van der Waals surface area contributed by atoms with Crippen LogP contribution in [0.3, 0.4) is 0 Å². The molecule has 0 spiro atoms. The van der Waals surface area contributed by atoms with E-state index in [0.29, 0.717) is 0 Å². The minimum atomic E-state index is -2.75. The van der Waals surface area contributed by atoms with Crippen LogP contribution in [0.15, 0.2) is 0 Å². The van der Waals surface area contributed by atoms with E-state index in [2.05, 4.69) is 5.32 Å². The van der Waals surface area contributed by atoms with Crippen molar-refractivity contribution in [2.45, 2.75) is 160 Å². The summed E-state index contributed by atoms with van der Waals surface area (Å²) in [6.07, 6.45) is -37.8. The van der Waals surface area contributed by atoms with E-state index in [1.54, 1.807) is 0 Å². The van der Waals surface area contributed by atoms with Crippen molar-refractivity contribution in [3.63, 3.8) is 0 Å². The Bertz CT molecular complexity index is 1360. The van der Waals surface area contributed by atoms with Crippen LogP contribution in [-0.4, -0.2) is 268 Å². The second-order valence-corrected chi connectivity index (χ2v) is 15.1. The molecule has 59 heavy (non-hydrogen) atoms. The molecule has 5 saturated heterocycles. The molecule has 5 aliphatic rings. The summed E-state index contributed by atoms with van der Waals surface area (Å²) in [6.45, 7) is -3.61. The fourth-order valence-corrected chi connectivity index (χ4v) is 7.98. The number of nitrogens with one attached hydrogen (secondary N) is 1. The maximum Gasteiger partial charge on any atom is 0.217 e. The van der Waals surface area contributed by atoms with Crippen molar-refractivity contribution < 1.29 is 119 Å². The molecular formula is C32H57N3O24. The van der Waals surface area contributed by atoms with Crippen LogP contribution >= 0.6 is 0 Å². The first-order valence-corrected chi connectivity index (χ1v) is 18.7. The lowest BCUT2D eigenvalue weighted by Crippen LogP contribution is -2.80. The highest BCUT2D eigenvalue weighted by Gasteiger charge is 2.64. The zero-order chi connectivity index (χ0) is 43.8. The van der Waals surface area contributed by atoms with Gasteiger partial charge in [0, 0.05) is 6.92 Å². The SMILES string of the molecule is CC(=O)N[C@H]1C(O)O[C@H](CO)[C@](O)([C@@H]2O[C@H](CO)[C@@H](O[C@@H]3O[C@H](CO)[C@@H](O[C@@H]4O[C@H](CO)[C@H](O[C@@H]5O[C@H](CO)[C@H](O)[C@H](O)[C@H]5O)[C@H](O)[C@H]4O)[C@H](O)[C@H]3N)[C@H](O)[C@H]2N)[C@@H]1O. The summed E-state index contributed by atoms with van der Waals surface area (Å²) in [6, 6.07) is -5.06. The molecule has 1 unspecified atom stereocenters. The van der Waals surface area contributed by atoms with Gasteiger partial charge in [-0.2, -0.15) is 0 Å². The summed E-state index contributed by atoms with van der Waals surface area (Å²) in [4.78, 5) is 11.8. The van der Waals surface area contributed by atoms with E-state index < -0.39 is 192 Å². The van der Waals surface area contributed by atoms with Gasteiger partial charge in [0.2, 0.25) is 5.91 Å². The predicted octanol–water partition coefficient (Wildman–Crippen LogP) is -12.5. The Morgan fingerprint density at radius 1 is 0.559 bits per heavy atom. The Morgan fingerprint density at radius 2 is 1.00 bits per heavy atom. The number of carbonyl (C=O) groups is 1. The van der Waals surface area contributed by atoms with E-state index in [0.717, 1.165) is 6.92 Å². The maximum atomic E-state index is 11.8. The molecule has 0 aromatic heterocycles. The molecule has 5 aliphatic heterocycles. The van der Waals surface area contributed by atoms with Crippen LogP contribution in [0, 0.1) is 0 Å². The lowest BCUT2D eigenvalue weighted by Gasteiger charge is -2.56. The molecule has 0 aromatic carbocycles. The van der Waals surface area contributed by atoms with Gasteiger partial charge in [-0.05, 0) is 0 Å². The van der Waals surface area contributed by atoms with E-state index >= 15 is 0 Å². The van der Waals surface area contributed by atoms with Crippen molar-refractivity contribution in [3.8, 4) is 0 Å². The fraction of sp³-hybridized carbons (Fsp3) is 0.969. The fourth-order valence-electron chi connectivity index (χ4n) is 7.98. The molecule has 0 radical (unpaired) electrons. The Labute approximate surface area is 334 Å². The van der Waals surface area contributed by atoms with Crippen molar-refractivity contribution in [1.29, 1.82) is 0 Å². The van der Waals surface area contributed by atoms with Crippen molar-refractivity contribution in [2.75, 3.05) is 33.0 Å². The molecule has 5 heterocycles. The minimum Gasteiger partial charge on any atom is -0.394 e. The molecule has 1 amide bonds. The molecule has 0 bridgehead atoms. The Morgan fingerprint density at radius 3 is 1.51 bits per heavy atom. The Kier molecular flexibility index (Phi) is 16.3. The molecule has 27 nitrogen and oxygen atoms in total. The number of carbonyl (C=O) groups excluding carboxylic acids is 1. The average Bonchev–Trinajstić information content (AvgIpc) is 3.21. The van der Waals surface area contributed by atoms with Gasteiger partial charge in [-0.25, -0.2) is 0 Å². The van der Waals surface area contributed by atoms with Gasteiger partial charge in [-0.1, -0.05) is 0 Å². The van der Waals surface area contributed by atoms with Crippen molar-refractivity contribution in [3.05, 3.63) is 0 Å². The summed E-state index contributed by atoms with van der Waals surface area (Å²) in [7, 11) is 0. The molecule has 0 saturated carbocycles. The number of nitrogens with two attached hydrogens (primary N) is 2. The normalized spacial score (nSPS) is 52.2. The van der Waals surface area contributed by atoms with E-state index in [4.69, 9.17) is 49.4 Å². The number of hydrogen-bond donors (Lipinski definition) is 18. The lowest BCUT2D eigenvalue weighted by molar-refractivity contribution is -0.379. The largest absolute Gasteiger partial charge is 0.394 e. The Balaban J connectivity index is 1.27.